The minimum atomic E-state index is 0.0608. The number of hydrogen-bond acceptors (Lipinski definition) is 2. The largest absolute Gasteiger partial charge is 0.367 e. The van der Waals surface area contributed by atoms with Gasteiger partial charge in [-0.1, -0.05) is 26.0 Å². The van der Waals surface area contributed by atoms with E-state index in [0.29, 0.717) is 38.5 Å². The van der Waals surface area contributed by atoms with Gasteiger partial charge in [-0.3, -0.25) is 9.59 Å². The molecule has 2 amide bonds. The smallest absolute Gasteiger partial charge is 0.253 e. The zero-order valence-electron chi connectivity index (χ0n) is 16.3. The highest BCUT2D eigenvalue weighted by Crippen LogP contribution is 2.19. The second-order valence-corrected chi connectivity index (χ2v) is 7.35. The summed E-state index contributed by atoms with van der Waals surface area (Å²) in [7, 11) is 0. The highest BCUT2D eigenvalue weighted by molar-refractivity contribution is 5.94. The molecule has 1 unspecified atom stereocenters. The van der Waals surface area contributed by atoms with Crippen molar-refractivity contribution >= 4 is 11.8 Å². The SMILES string of the molecule is CCC(C)c1ccc(C(=O)N2CCCN(C(=O)Cc3cc[nH]c3)CC2)cc1. The zero-order valence-corrected chi connectivity index (χ0v) is 16.3. The molecule has 1 aliphatic rings. The molecule has 1 aromatic heterocycles. The van der Waals surface area contributed by atoms with Crippen LogP contribution in [0.3, 0.4) is 0 Å². The Hall–Kier alpha value is -2.56. The maximum Gasteiger partial charge on any atom is 0.253 e. The topological polar surface area (TPSA) is 56.4 Å². The van der Waals surface area contributed by atoms with Gasteiger partial charge >= 0.3 is 0 Å². The quantitative estimate of drug-likeness (QED) is 0.880. The standard InChI is InChI=1S/C22H29N3O2/c1-3-17(2)19-5-7-20(8-6-19)22(27)25-12-4-11-24(13-14-25)21(26)15-18-9-10-23-16-18/h5-10,16-17,23H,3-4,11-15H2,1-2H3. The third-order valence-electron chi connectivity index (χ3n) is 5.49. The summed E-state index contributed by atoms with van der Waals surface area (Å²) in [6.45, 7) is 6.96. The fourth-order valence-electron chi connectivity index (χ4n) is 3.50. The third kappa shape index (κ3) is 4.79. The lowest BCUT2D eigenvalue weighted by Gasteiger charge is -2.22. The number of aromatic amines is 1. The Morgan fingerprint density at radius 1 is 1.04 bits per heavy atom. The van der Waals surface area contributed by atoms with E-state index in [4.69, 9.17) is 0 Å². The van der Waals surface area contributed by atoms with Crippen LogP contribution in [0, 0.1) is 0 Å². The second kappa shape index (κ2) is 8.89. The predicted octanol–water partition coefficient (Wildman–Crippen LogP) is 3.45. The molecule has 1 atom stereocenters. The number of benzene rings is 1. The molecule has 144 valence electrons. The Bertz CT molecular complexity index is 752. The van der Waals surface area contributed by atoms with Crippen molar-refractivity contribution in [2.45, 2.75) is 39.0 Å². The molecule has 3 rings (SSSR count). The molecule has 1 aromatic carbocycles. The summed E-state index contributed by atoms with van der Waals surface area (Å²) < 4.78 is 0. The molecule has 2 heterocycles. The van der Waals surface area contributed by atoms with E-state index in [-0.39, 0.29) is 11.8 Å². The van der Waals surface area contributed by atoms with Crippen molar-refractivity contribution in [2.75, 3.05) is 26.2 Å². The fraction of sp³-hybridized carbons (Fsp3) is 0.455. The van der Waals surface area contributed by atoms with Crippen LogP contribution < -0.4 is 0 Å². The minimum Gasteiger partial charge on any atom is -0.367 e. The average Bonchev–Trinajstić information content (AvgIpc) is 3.08. The molecule has 0 bridgehead atoms. The van der Waals surface area contributed by atoms with Crippen LogP contribution in [-0.4, -0.2) is 52.8 Å². The summed E-state index contributed by atoms with van der Waals surface area (Å²) in [5, 5.41) is 0. The first-order chi connectivity index (χ1) is 13.1. The highest BCUT2D eigenvalue weighted by Gasteiger charge is 2.23. The fourth-order valence-corrected chi connectivity index (χ4v) is 3.50. The lowest BCUT2D eigenvalue weighted by atomic mass is 9.97. The number of rotatable bonds is 5. The van der Waals surface area contributed by atoms with Crippen LogP contribution in [-0.2, 0) is 11.2 Å². The van der Waals surface area contributed by atoms with Gasteiger partial charge in [0.05, 0.1) is 6.42 Å². The Kier molecular flexibility index (Phi) is 6.32. The van der Waals surface area contributed by atoms with Crippen LogP contribution in [0.1, 0.15) is 54.1 Å². The Labute approximate surface area is 161 Å². The van der Waals surface area contributed by atoms with Crippen molar-refractivity contribution in [1.82, 2.24) is 14.8 Å². The molecule has 5 heteroatoms. The van der Waals surface area contributed by atoms with E-state index in [1.165, 1.54) is 5.56 Å². The Morgan fingerprint density at radius 3 is 2.41 bits per heavy atom. The minimum absolute atomic E-state index is 0.0608. The molecule has 0 saturated carbocycles. The second-order valence-electron chi connectivity index (χ2n) is 7.35. The lowest BCUT2D eigenvalue weighted by Crippen LogP contribution is -2.37. The van der Waals surface area contributed by atoms with Crippen LogP contribution in [0.5, 0.6) is 0 Å². The van der Waals surface area contributed by atoms with E-state index >= 15 is 0 Å². The molecule has 2 aromatic rings. The van der Waals surface area contributed by atoms with Gasteiger partial charge in [-0.25, -0.2) is 0 Å². The van der Waals surface area contributed by atoms with E-state index in [1.807, 2.05) is 40.4 Å². The van der Waals surface area contributed by atoms with Gasteiger partial charge in [0.1, 0.15) is 0 Å². The molecule has 1 fully saturated rings. The lowest BCUT2D eigenvalue weighted by molar-refractivity contribution is -0.130. The predicted molar refractivity (Wildman–Crippen MR) is 107 cm³/mol. The van der Waals surface area contributed by atoms with Crippen molar-refractivity contribution in [3.63, 3.8) is 0 Å². The maximum absolute atomic E-state index is 12.9. The number of H-pyrrole nitrogens is 1. The molecule has 1 saturated heterocycles. The molecule has 27 heavy (non-hydrogen) atoms. The first kappa shape index (κ1) is 19.2. The molecular formula is C22H29N3O2. The van der Waals surface area contributed by atoms with Gasteiger partial charge in [0, 0.05) is 44.1 Å². The summed E-state index contributed by atoms with van der Waals surface area (Å²) in [5.74, 6) is 0.694. The van der Waals surface area contributed by atoms with Crippen molar-refractivity contribution < 1.29 is 9.59 Å². The van der Waals surface area contributed by atoms with E-state index in [1.54, 1.807) is 0 Å². The normalized spacial score (nSPS) is 16.1. The molecule has 0 aliphatic carbocycles. The Balaban J connectivity index is 1.58. The number of nitrogens with one attached hydrogen (secondary N) is 1. The number of amides is 2. The first-order valence-corrected chi connectivity index (χ1v) is 9.87. The summed E-state index contributed by atoms with van der Waals surface area (Å²) in [6.07, 6.45) is 6.00. The highest BCUT2D eigenvalue weighted by atomic mass is 16.2. The summed E-state index contributed by atoms with van der Waals surface area (Å²) in [4.78, 5) is 32.1. The van der Waals surface area contributed by atoms with Crippen LogP contribution in [0.4, 0.5) is 0 Å². The average molecular weight is 367 g/mol. The molecular weight excluding hydrogens is 338 g/mol. The van der Waals surface area contributed by atoms with E-state index in [9.17, 15) is 9.59 Å². The Morgan fingerprint density at radius 2 is 1.74 bits per heavy atom. The van der Waals surface area contributed by atoms with Gasteiger partial charge in [0.25, 0.3) is 5.91 Å². The zero-order chi connectivity index (χ0) is 19.2. The van der Waals surface area contributed by atoms with Gasteiger partial charge in [0.15, 0.2) is 0 Å². The maximum atomic E-state index is 12.9. The van der Waals surface area contributed by atoms with E-state index < -0.39 is 0 Å². The van der Waals surface area contributed by atoms with Crippen molar-refractivity contribution in [1.29, 1.82) is 0 Å². The monoisotopic (exact) mass is 367 g/mol. The van der Waals surface area contributed by atoms with E-state index in [2.05, 4.69) is 31.0 Å². The number of hydrogen-bond donors (Lipinski definition) is 1. The van der Waals surface area contributed by atoms with Crippen molar-refractivity contribution in [3.05, 3.63) is 59.4 Å². The van der Waals surface area contributed by atoms with Crippen LogP contribution >= 0.6 is 0 Å². The molecule has 1 N–H and O–H groups in total. The summed E-state index contributed by atoms with van der Waals surface area (Å²) in [6, 6.07) is 9.92. The van der Waals surface area contributed by atoms with E-state index in [0.717, 1.165) is 24.0 Å². The third-order valence-corrected chi connectivity index (χ3v) is 5.49. The van der Waals surface area contributed by atoms with Gasteiger partial charge in [0.2, 0.25) is 5.91 Å². The van der Waals surface area contributed by atoms with Gasteiger partial charge in [-0.2, -0.15) is 0 Å². The summed E-state index contributed by atoms with van der Waals surface area (Å²) >= 11 is 0. The van der Waals surface area contributed by atoms with Gasteiger partial charge in [-0.05, 0) is 48.1 Å². The molecule has 0 radical (unpaired) electrons. The molecule has 0 spiro atoms. The molecule has 5 nitrogen and oxygen atoms in total. The van der Waals surface area contributed by atoms with Crippen LogP contribution in [0.2, 0.25) is 0 Å². The van der Waals surface area contributed by atoms with Crippen molar-refractivity contribution in [2.24, 2.45) is 0 Å². The first-order valence-electron chi connectivity index (χ1n) is 9.87. The van der Waals surface area contributed by atoms with Crippen LogP contribution in [0.15, 0.2) is 42.7 Å². The van der Waals surface area contributed by atoms with Gasteiger partial charge < -0.3 is 14.8 Å². The van der Waals surface area contributed by atoms with Crippen molar-refractivity contribution in [3.8, 4) is 0 Å². The number of nitrogens with zero attached hydrogens (tertiary/aromatic N) is 2. The number of carbonyl (C=O) groups excluding carboxylic acids is 2. The summed E-state index contributed by atoms with van der Waals surface area (Å²) in [5.41, 5.74) is 3.00. The van der Waals surface area contributed by atoms with Crippen LogP contribution in [0.25, 0.3) is 0 Å². The number of aromatic nitrogens is 1. The molecule has 1 aliphatic heterocycles. The van der Waals surface area contributed by atoms with Gasteiger partial charge in [-0.15, -0.1) is 0 Å². The number of carbonyl (C=O) groups is 2.